The second-order valence-electron chi connectivity index (χ2n) is 13.0. The number of benzene rings is 1. The average Bonchev–Trinajstić information content (AvgIpc) is 3.35. The minimum Gasteiger partial charge on any atom is -0.508 e. The van der Waals surface area contributed by atoms with Crippen LogP contribution in [-0.4, -0.2) is 38.9 Å². The summed E-state index contributed by atoms with van der Waals surface area (Å²) in [6, 6.07) is 7.55. The molecule has 33 heavy (non-hydrogen) atoms. The summed E-state index contributed by atoms with van der Waals surface area (Å²) in [5.74, 6) is 2.65. The molecule has 0 aromatic heterocycles. The molecule has 3 rings (SSSR count). The van der Waals surface area contributed by atoms with Crippen molar-refractivity contribution in [3.63, 3.8) is 0 Å². The molecule has 0 spiro atoms. The first-order valence-electron chi connectivity index (χ1n) is 12.7. The van der Waals surface area contributed by atoms with Gasteiger partial charge in [-0.15, -0.1) is 0 Å². The Morgan fingerprint density at radius 2 is 1.70 bits per heavy atom. The number of rotatable bonds is 8. The Bertz CT molecular complexity index is 812. The fourth-order valence-electron chi connectivity index (χ4n) is 7.01. The molecule has 1 aromatic carbocycles. The summed E-state index contributed by atoms with van der Waals surface area (Å²) in [5, 5.41) is 24.8. The quantitative estimate of drug-likeness (QED) is 0.471. The summed E-state index contributed by atoms with van der Waals surface area (Å²) in [5.41, 5.74) is 0.832. The molecule has 0 radical (unpaired) electrons. The van der Waals surface area contributed by atoms with Gasteiger partial charge in [-0.1, -0.05) is 39.8 Å². The fraction of sp³-hybridized carbons (Fsp3) is 0.750. The highest BCUT2D eigenvalue weighted by atomic mass is 16.5. The van der Waals surface area contributed by atoms with Crippen LogP contribution in [0, 0.1) is 35.0 Å². The van der Waals surface area contributed by atoms with Gasteiger partial charge in [0.15, 0.2) is 0 Å². The molecule has 4 atom stereocenters. The topological polar surface area (TPSA) is 72.8 Å². The van der Waals surface area contributed by atoms with Gasteiger partial charge in [0.1, 0.15) is 5.75 Å². The Morgan fingerprint density at radius 3 is 2.24 bits per heavy atom. The largest absolute Gasteiger partial charge is 0.508 e. The number of hydroxylamine groups is 2. The van der Waals surface area contributed by atoms with Crippen LogP contribution in [-0.2, 0) is 11.2 Å². The van der Waals surface area contributed by atoms with Crippen molar-refractivity contribution >= 4 is 5.91 Å². The number of carbonyl (C=O) groups is 1. The van der Waals surface area contributed by atoms with Crippen molar-refractivity contribution in [2.75, 3.05) is 6.54 Å². The van der Waals surface area contributed by atoms with Gasteiger partial charge in [-0.2, -0.15) is 5.06 Å². The van der Waals surface area contributed by atoms with E-state index >= 15 is 0 Å². The molecule has 5 nitrogen and oxygen atoms in total. The van der Waals surface area contributed by atoms with Crippen LogP contribution in [0.15, 0.2) is 24.3 Å². The van der Waals surface area contributed by atoms with Gasteiger partial charge in [0.25, 0.3) is 0 Å². The van der Waals surface area contributed by atoms with Crippen molar-refractivity contribution in [3.05, 3.63) is 29.8 Å². The maximum Gasteiger partial charge on any atom is 0.222 e. The molecule has 2 fully saturated rings. The van der Waals surface area contributed by atoms with Crippen molar-refractivity contribution in [3.8, 4) is 5.75 Å². The van der Waals surface area contributed by atoms with Crippen molar-refractivity contribution in [2.45, 2.75) is 92.2 Å². The molecule has 1 aliphatic carbocycles. The van der Waals surface area contributed by atoms with E-state index in [0.29, 0.717) is 36.0 Å². The molecule has 1 saturated heterocycles. The lowest BCUT2D eigenvalue weighted by Crippen LogP contribution is -2.60. The molecular weight excluding hydrogens is 412 g/mol. The van der Waals surface area contributed by atoms with E-state index in [-0.39, 0.29) is 28.3 Å². The molecule has 0 bridgehead atoms. The highest BCUT2D eigenvalue weighted by Crippen LogP contribution is 2.59. The lowest BCUT2D eigenvalue weighted by atomic mass is 9.75. The van der Waals surface area contributed by atoms with Gasteiger partial charge < -0.3 is 15.6 Å². The molecule has 2 aliphatic rings. The number of nitrogens with one attached hydrogen (secondary N) is 1. The van der Waals surface area contributed by atoms with Gasteiger partial charge >= 0.3 is 0 Å². The molecule has 1 amide bonds. The summed E-state index contributed by atoms with van der Waals surface area (Å²) >= 11 is 0. The number of piperidine rings is 1. The first-order valence-corrected chi connectivity index (χ1v) is 12.7. The first kappa shape index (κ1) is 26.0. The maximum absolute atomic E-state index is 12.9. The van der Waals surface area contributed by atoms with Crippen molar-refractivity contribution in [2.24, 2.45) is 35.0 Å². The fourth-order valence-corrected chi connectivity index (χ4v) is 7.01. The number of aromatic hydroxyl groups is 1. The minimum atomic E-state index is -0.289. The summed E-state index contributed by atoms with van der Waals surface area (Å²) in [6.07, 6.45) is 3.65. The summed E-state index contributed by atoms with van der Waals surface area (Å²) < 4.78 is 0. The van der Waals surface area contributed by atoms with E-state index in [0.717, 1.165) is 25.7 Å². The van der Waals surface area contributed by atoms with Crippen LogP contribution in [0.4, 0.5) is 0 Å². The lowest BCUT2D eigenvalue weighted by molar-refractivity contribution is -0.250. The highest BCUT2D eigenvalue weighted by molar-refractivity contribution is 5.78. The molecule has 1 heterocycles. The van der Waals surface area contributed by atoms with Crippen molar-refractivity contribution in [1.29, 1.82) is 0 Å². The lowest BCUT2D eigenvalue weighted by Gasteiger charge is -2.51. The normalized spacial score (nSPS) is 28.3. The maximum atomic E-state index is 12.9. The highest BCUT2D eigenvalue weighted by Gasteiger charge is 2.54. The van der Waals surface area contributed by atoms with Crippen LogP contribution >= 0.6 is 0 Å². The number of hydrogen-bond donors (Lipinski definition) is 3. The number of amides is 1. The third-order valence-electron chi connectivity index (χ3n) is 8.42. The van der Waals surface area contributed by atoms with Gasteiger partial charge in [-0.3, -0.25) is 4.79 Å². The molecule has 5 heteroatoms. The first-order chi connectivity index (χ1) is 15.1. The number of hydrogen-bond acceptors (Lipinski definition) is 4. The zero-order chi connectivity index (χ0) is 24.8. The second-order valence-corrected chi connectivity index (χ2v) is 13.0. The molecule has 1 aromatic rings. The van der Waals surface area contributed by atoms with Crippen molar-refractivity contribution in [1.82, 2.24) is 10.4 Å². The summed E-state index contributed by atoms with van der Waals surface area (Å²) in [4.78, 5) is 12.9. The third-order valence-corrected chi connectivity index (χ3v) is 8.42. The van der Waals surface area contributed by atoms with Gasteiger partial charge in [0, 0.05) is 23.5 Å². The third kappa shape index (κ3) is 5.92. The summed E-state index contributed by atoms with van der Waals surface area (Å²) in [6.45, 7) is 18.0. The summed E-state index contributed by atoms with van der Waals surface area (Å²) in [7, 11) is 0. The van der Waals surface area contributed by atoms with E-state index in [1.807, 2.05) is 12.1 Å². The standard InChI is InChI=1S/C28H46N2O3/c1-18(25(32)29-17-21-15-27(5,6)30(33)28(7,8)16-21)13-23-19(2)24(23)26(3,4)14-20-9-11-22(31)12-10-20/h9-12,18-19,21,23-24,31,33H,13-17H2,1-8H3,(H,29,32). The van der Waals surface area contributed by atoms with Crippen LogP contribution in [0.3, 0.4) is 0 Å². The predicted molar refractivity (Wildman–Crippen MR) is 133 cm³/mol. The van der Waals surface area contributed by atoms with E-state index in [1.165, 1.54) is 10.6 Å². The Balaban J connectivity index is 1.50. The molecular formula is C28H46N2O3. The van der Waals surface area contributed by atoms with Crippen LogP contribution in [0.2, 0.25) is 0 Å². The molecule has 1 saturated carbocycles. The monoisotopic (exact) mass is 458 g/mol. The van der Waals surface area contributed by atoms with E-state index in [9.17, 15) is 15.1 Å². The predicted octanol–water partition coefficient (Wildman–Crippen LogP) is 5.64. The SMILES string of the molecule is CC(CC1C(C)C1C(C)(C)Cc1ccc(O)cc1)C(=O)NCC1CC(C)(C)N(O)C(C)(C)C1. The van der Waals surface area contributed by atoms with Crippen LogP contribution in [0.5, 0.6) is 5.75 Å². The van der Waals surface area contributed by atoms with E-state index < -0.39 is 0 Å². The van der Waals surface area contributed by atoms with E-state index in [2.05, 4.69) is 60.7 Å². The minimum absolute atomic E-state index is 0.00544. The molecule has 3 N–H and O–H groups in total. The van der Waals surface area contributed by atoms with Crippen molar-refractivity contribution < 1.29 is 15.1 Å². The van der Waals surface area contributed by atoms with Gasteiger partial charge in [-0.25, -0.2) is 0 Å². The van der Waals surface area contributed by atoms with Crippen LogP contribution in [0.1, 0.15) is 80.2 Å². The molecule has 4 unspecified atom stereocenters. The number of carbonyl (C=O) groups excluding carboxylic acids is 1. The Kier molecular flexibility index (Phi) is 7.27. The zero-order valence-electron chi connectivity index (χ0n) is 22.0. The van der Waals surface area contributed by atoms with E-state index in [4.69, 9.17) is 0 Å². The van der Waals surface area contributed by atoms with Crippen LogP contribution in [0.25, 0.3) is 0 Å². The van der Waals surface area contributed by atoms with Gasteiger partial charge in [0.2, 0.25) is 5.91 Å². The zero-order valence-corrected chi connectivity index (χ0v) is 22.0. The molecule has 1 aliphatic heterocycles. The Morgan fingerprint density at radius 1 is 1.15 bits per heavy atom. The second kappa shape index (κ2) is 9.22. The van der Waals surface area contributed by atoms with Gasteiger partial charge in [0.05, 0.1) is 0 Å². The molecule has 186 valence electrons. The smallest absolute Gasteiger partial charge is 0.222 e. The average molecular weight is 459 g/mol. The number of nitrogens with zero attached hydrogens (tertiary/aromatic N) is 1. The number of phenolic OH excluding ortho intramolecular Hbond substituents is 1. The Labute approximate surface area is 200 Å². The Hall–Kier alpha value is -1.59. The van der Waals surface area contributed by atoms with E-state index in [1.54, 1.807) is 12.1 Å². The number of phenols is 1. The van der Waals surface area contributed by atoms with Crippen LogP contribution < -0.4 is 5.32 Å². The van der Waals surface area contributed by atoms with Gasteiger partial charge in [-0.05, 0) is 100 Å².